The molecule has 4 aromatic rings. The van der Waals surface area contributed by atoms with Gasteiger partial charge in [-0.25, -0.2) is 4.98 Å². The van der Waals surface area contributed by atoms with E-state index in [-0.39, 0.29) is 12.3 Å². The Morgan fingerprint density at radius 1 is 0.872 bits per heavy atom. The van der Waals surface area contributed by atoms with Crippen molar-refractivity contribution in [3.63, 3.8) is 0 Å². The molecule has 200 valence electrons. The van der Waals surface area contributed by atoms with E-state index in [1.807, 2.05) is 25.1 Å². The number of benzene rings is 3. The molecule has 9 heteroatoms. The van der Waals surface area contributed by atoms with Gasteiger partial charge in [0.2, 0.25) is 11.7 Å². The predicted molar refractivity (Wildman–Crippen MR) is 149 cm³/mol. The number of carbonyl (C=O) groups excluding carboxylic acids is 3. The zero-order chi connectivity index (χ0) is 28.1. The molecule has 0 saturated carbocycles. The van der Waals surface area contributed by atoms with Gasteiger partial charge in [0.1, 0.15) is 0 Å². The van der Waals surface area contributed by atoms with E-state index in [1.54, 1.807) is 42.5 Å². The first kappa shape index (κ1) is 27.1. The third-order valence-corrected chi connectivity index (χ3v) is 6.13. The van der Waals surface area contributed by atoms with Crippen LogP contribution < -0.4 is 24.8 Å². The summed E-state index contributed by atoms with van der Waals surface area (Å²) in [7, 11) is 4.57. The fourth-order valence-electron chi connectivity index (χ4n) is 4.18. The molecule has 0 fully saturated rings. The van der Waals surface area contributed by atoms with E-state index in [9.17, 15) is 14.4 Å². The van der Waals surface area contributed by atoms with Crippen LogP contribution in [0, 0.1) is 6.92 Å². The summed E-state index contributed by atoms with van der Waals surface area (Å²) in [4.78, 5) is 42.3. The fraction of sp³-hybridized carbons (Fsp3) is 0.200. The van der Waals surface area contributed by atoms with Crippen molar-refractivity contribution in [1.29, 1.82) is 0 Å². The molecule has 9 nitrogen and oxygen atoms in total. The minimum absolute atomic E-state index is 0.109. The second-order valence-corrected chi connectivity index (χ2v) is 8.86. The SMILES string of the molecule is COc1cc(-c2cc(C(=O)NCC(=O)Nc3cccc(C(C)=O)c3)c3cc(C)ccc3n2)cc(OC)c1OC. The van der Waals surface area contributed by atoms with Crippen LogP contribution in [0.25, 0.3) is 22.2 Å². The number of nitrogens with one attached hydrogen (secondary N) is 2. The second kappa shape index (κ2) is 11.6. The van der Waals surface area contributed by atoms with Crippen LogP contribution >= 0.6 is 0 Å². The number of pyridine rings is 1. The van der Waals surface area contributed by atoms with Crippen LogP contribution in [-0.2, 0) is 4.79 Å². The maximum absolute atomic E-state index is 13.4. The monoisotopic (exact) mass is 527 g/mol. The number of nitrogens with zero attached hydrogens (tertiary/aromatic N) is 1. The summed E-state index contributed by atoms with van der Waals surface area (Å²) in [5.74, 6) is 0.376. The van der Waals surface area contributed by atoms with Crippen molar-refractivity contribution in [3.8, 4) is 28.5 Å². The molecule has 0 aliphatic carbocycles. The Labute approximate surface area is 226 Å². The quantitative estimate of drug-likeness (QED) is 0.300. The van der Waals surface area contributed by atoms with Gasteiger partial charge in [0, 0.05) is 22.2 Å². The van der Waals surface area contributed by atoms with Crippen molar-refractivity contribution in [2.45, 2.75) is 13.8 Å². The molecule has 2 N–H and O–H groups in total. The predicted octanol–water partition coefficient (Wildman–Crippen LogP) is 4.81. The van der Waals surface area contributed by atoms with Crippen molar-refractivity contribution < 1.29 is 28.6 Å². The molecule has 1 aromatic heterocycles. The summed E-state index contributed by atoms with van der Waals surface area (Å²) < 4.78 is 16.4. The highest BCUT2D eigenvalue weighted by molar-refractivity contribution is 6.09. The maximum Gasteiger partial charge on any atom is 0.252 e. The normalized spacial score (nSPS) is 10.6. The number of amides is 2. The number of methoxy groups -OCH3 is 3. The van der Waals surface area contributed by atoms with E-state index in [2.05, 4.69) is 10.6 Å². The van der Waals surface area contributed by atoms with Crippen molar-refractivity contribution in [3.05, 3.63) is 77.4 Å². The lowest BCUT2D eigenvalue weighted by Crippen LogP contribution is -2.33. The van der Waals surface area contributed by atoms with Crippen molar-refractivity contribution in [2.24, 2.45) is 0 Å². The summed E-state index contributed by atoms with van der Waals surface area (Å²) in [6, 6.07) is 17.4. The first-order valence-corrected chi connectivity index (χ1v) is 12.1. The Hall–Kier alpha value is -4.92. The van der Waals surface area contributed by atoms with E-state index in [1.165, 1.54) is 28.3 Å². The molecule has 0 bridgehead atoms. The van der Waals surface area contributed by atoms with Gasteiger partial charge in [-0.3, -0.25) is 14.4 Å². The van der Waals surface area contributed by atoms with Crippen molar-refractivity contribution in [1.82, 2.24) is 10.3 Å². The average molecular weight is 528 g/mol. The highest BCUT2D eigenvalue weighted by atomic mass is 16.5. The molecule has 4 rings (SSSR count). The van der Waals surface area contributed by atoms with E-state index in [0.717, 1.165) is 5.56 Å². The lowest BCUT2D eigenvalue weighted by molar-refractivity contribution is -0.115. The zero-order valence-electron chi connectivity index (χ0n) is 22.4. The van der Waals surface area contributed by atoms with E-state index < -0.39 is 11.8 Å². The standard InChI is InChI=1S/C30H29N3O6/c1-17-9-10-24-22(11-17)23(15-25(33-24)20-13-26(37-3)29(39-5)27(14-20)38-4)30(36)31-16-28(35)32-21-8-6-7-19(12-21)18(2)34/h6-15H,16H2,1-5H3,(H,31,36)(H,32,35). The molecule has 3 aromatic carbocycles. The van der Waals surface area contributed by atoms with Crippen LogP contribution in [0.4, 0.5) is 5.69 Å². The van der Waals surface area contributed by atoms with Crippen LogP contribution in [0.15, 0.2) is 60.7 Å². The summed E-state index contributed by atoms with van der Waals surface area (Å²) >= 11 is 0. The summed E-state index contributed by atoms with van der Waals surface area (Å²) in [6.07, 6.45) is 0. The molecule has 0 radical (unpaired) electrons. The molecule has 0 unspecified atom stereocenters. The number of anilines is 1. The zero-order valence-corrected chi connectivity index (χ0v) is 22.4. The van der Waals surface area contributed by atoms with Gasteiger partial charge in [-0.1, -0.05) is 23.8 Å². The Morgan fingerprint density at radius 3 is 2.23 bits per heavy atom. The third-order valence-electron chi connectivity index (χ3n) is 6.13. The van der Waals surface area contributed by atoms with Gasteiger partial charge in [0.05, 0.1) is 44.6 Å². The van der Waals surface area contributed by atoms with Crippen LogP contribution in [0.2, 0.25) is 0 Å². The lowest BCUT2D eigenvalue weighted by Gasteiger charge is -2.15. The molecule has 2 amide bonds. The van der Waals surface area contributed by atoms with Gasteiger partial charge in [0.25, 0.3) is 5.91 Å². The van der Waals surface area contributed by atoms with Gasteiger partial charge in [-0.2, -0.15) is 0 Å². The van der Waals surface area contributed by atoms with Gasteiger partial charge in [-0.15, -0.1) is 0 Å². The summed E-state index contributed by atoms with van der Waals surface area (Å²) in [5.41, 5.74) is 4.06. The van der Waals surface area contributed by atoms with Crippen LogP contribution in [0.5, 0.6) is 17.2 Å². The van der Waals surface area contributed by atoms with Crippen molar-refractivity contribution in [2.75, 3.05) is 33.2 Å². The van der Waals surface area contributed by atoms with E-state index in [4.69, 9.17) is 19.2 Å². The van der Waals surface area contributed by atoms with Gasteiger partial charge in [0.15, 0.2) is 17.3 Å². The largest absolute Gasteiger partial charge is 0.493 e. The second-order valence-electron chi connectivity index (χ2n) is 8.86. The number of Topliss-reactive ketones (excluding diaryl/α,β-unsaturated/α-hetero) is 1. The lowest BCUT2D eigenvalue weighted by atomic mass is 10.0. The Balaban J connectivity index is 1.65. The van der Waals surface area contributed by atoms with Gasteiger partial charge >= 0.3 is 0 Å². The van der Waals surface area contributed by atoms with E-state index in [0.29, 0.717) is 56.2 Å². The number of carbonyl (C=O) groups is 3. The van der Waals surface area contributed by atoms with Crippen LogP contribution in [0.1, 0.15) is 33.2 Å². The Morgan fingerprint density at radius 2 is 1.59 bits per heavy atom. The smallest absolute Gasteiger partial charge is 0.252 e. The maximum atomic E-state index is 13.4. The molecule has 1 heterocycles. The molecular weight excluding hydrogens is 498 g/mol. The van der Waals surface area contributed by atoms with Gasteiger partial charge < -0.3 is 24.8 Å². The number of ether oxygens (including phenoxy) is 3. The summed E-state index contributed by atoms with van der Waals surface area (Å²) in [5, 5.41) is 6.05. The molecule has 0 aliphatic heterocycles. The molecule has 0 aliphatic rings. The van der Waals surface area contributed by atoms with Gasteiger partial charge in [-0.05, 0) is 56.3 Å². The number of hydrogen-bond donors (Lipinski definition) is 2. The minimum atomic E-state index is -0.436. The average Bonchev–Trinajstić information content (AvgIpc) is 2.94. The third kappa shape index (κ3) is 5.98. The van der Waals surface area contributed by atoms with Crippen molar-refractivity contribution >= 4 is 34.2 Å². The van der Waals surface area contributed by atoms with Crippen LogP contribution in [0.3, 0.4) is 0 Å². The first-order chi connectivity index (χ1) is 18.7. The first-order valence-electron chi connectivity index (χ1n) is 12.1. The fourth-order valence-corrected chi connectivity index (χ4v) is 4.18. The number of aromatic nitrogens is 1. The molecular formula is C30H29N3O6. The Bertz CT molecular complexity index is 1560. The highest BCUT2D eigenvalue weighted by Crippen LogP contribution is 2.41. The Kier molecular flexibility index (Phi) is 8.10. The molecule has 0 saturated heterocycles. The molecule has 39 heavy (non-hydrogen) atoms. The number of fused-ring (bicyclic) bond motifs is 1. The summed E-state index contributed by atoms with van der Waals surface area (Å²) in [6.45, 7) is 3.11. The number of hydrogen-bond acceptors (Lipinski definition) is 7. The topological polar surface area (TPSA) is 116 Å². The molecule has 0 spiro atoms. The highest BCUT2D eigenvalue weighted by Gasteiger charge is 2.19. The number of aryl methyl sites for hydroxylation is 1. The molecule has 0 atom stereocenters. The minimum Gasteiger partial charge on any atom is -0.493 e. The van der Waals surface area contributed by atoms with Crippen LogP contribution in [-0.4, -0.2) is 50.5 Å². The number of rotatable bonds is 9. The number of ketones is 1. The van der Waals surface area contributed by atoms with E-state index >= 15 is 0 Å².